The first-order valence-electron chi connectivity index (χ1n) is 4.93. The SMILES string of the molecule is CCC1CC2CC(I)CC2C1. The quantitative estimate of drug-likeness (QED) is 0.501. The van der Waals surface area contributed by atoms with E-state index in [0.717, 1.165) is 21.7 Å². The minimum absolute atomic E-state index is 1.01. The molecule has 0 aromatic heterocycles. The Labute approximate surface area is 83.3 Å². The molecule has 0 N–H and O–H groups in total. The molecule has 1 heteroatoms. The highest BCUT2D eigenvalue weighted by Crippen LogP contribution is 2.49. The summed E-state index contributed by atoms with van der Waals surface area (Å²) in [6, 6.07) is 0. The third kappa shape index (κ3) is 1.58. The number of fused-ring (bicyclic) bond motifs is 1. The minimum atomic E-state index is 1.01. The Morgan fingerprint density at radius 3 is 2.09 bits per heavy atom. The number of hydrogen-bond donors (Lipinski definition) is 0. The monoisotopic (exact) mass is 264 g/mol. The summed E-state index contributed by atoms with van der Waals surface area (Å²) in [5.74, 6) is 3.34. The van der Waals surface area contributed by atoms with Crippen LogP contribution in [0.1, 0.15) is 39.0 Å². The maximum absolute atomic E-state index is 2.64. The van der Waals surface area contributed by atoms with Crippen molar-refractivity contribution in [1.29, 1.82) is 0 Å². The zero-order chi connectivity index (χ0) is 7.84. The van der Waals surface area contributed by atoms with Crippen molar-refractivity contribution in [2.24, 2.45) is 17.8 Å². The Bertz CT molecular complexity index is 130. The Hall–Kier alpha value is 0.730. The number of alkyl halides is 1. The second-order valence-electron chi connectivity index (χ2n) is 4.33. The summed E-state index contributed by atoms with van der Waals surface area (Å²) in [6.45, 7) is 2.35. The first-order valence-corrected chi connectivity index (χ1v) is 6.18. The van der Waals surface area contributed by atoms with Gasteiger partial charge in [0.15, 0.2) is 0 Å². The lowest BCUT2D eigenvalue weighted by atomic mass is 10.0. The van der Waals surface area contributed by atoms with Gasteiger partial charge in [0.2, 0.25) is 0 Å². The molecule has 0 saturated heterocycles. The molecular formula is C10H17I. The van der Waals surface area contributed by atoms with Gasteiger partial charge >= 0.3 is 0 Å². The molecule has 0 radical (unpaired) electrons. The van der Waals surface area contributed by atoms with E-state index < -0.39 is 0 Å². The van der Waals surface area contributed by atoms with Crippen molar-refractivity contribution in [2.45, 2.75) is 43.0 Å². The van der Waals surface area contributed by atoms with Gasteiger partial charge in [-0.25, -0.2) is 0 Å². The van der Waals surface area contributed by atoms with Gasteiger partial charge in [0.1, 0.15) is 0 Å². The van der Waals surface area contributed by atoms with E-state index in [9.17, 15) is 0 Å². The molecule has 0 amide bonds. The summed E-state index contributed by atoms with van der Waals surface area (Å²) >= 11 is 2.64. The number of halogens is 1. The Kier molecular flexibility index (Phi) is 2.45. The molecule has 0 aliphatic heterocycles. The summed E-state index contributed by atoms with van der Waals surface area (Å²) < 4.78 is 1.01. The molecule has 2 atom stereocenters. The zero-order valence-corrected chi connectivity index (χ0v) is 9.38. The largest absolute Gasteiger partial charge is 0.0826 e. The van der Waals surface area contributed by atoms with Crippen LogP contribution in [0.4, 0.5) is 0 Å². The summed E-state index contributed by atoms with van der Waals surface area (Å²) in [6.07, 6.45) is 7.60. The highest BCUT2D eigenvalue weighted by molar-refractivity contribution is 14.1. The molecular weight excluding hydrogens is 247 g/mol. The van der Waals surface area contributed by atoms with Gasteiger partial charge in [0.05, 0.1) is 0 Å². The van der Waals surface area contributed by atoms with E-state index in [1.54, 1.807) is 12.8 Å². The van der Waals surface area contributed by atoms with Gasteiger partial charge < -0.3 is 0 Å². The van der Waals surface area contributed by atoms with Crippen molar-refractivity contribution in [1.82, 2.24) is 0 Å². The first kappa shape index (κ1) is 8.33. The highest BCUT2D eigenvalue weighted by Gasteiger charge is 2.39. The van der Waals surface area contributed by atoms with Crippen molar-refractivity contribution in [3.8, 4) is 0 Å². The molecule has 64 valence electrons. The summed E-state index contributed by atoms with van der Waals surface area (Å²) in [7, 11) is 0. The predicted octanol–water partition coefficient (Wildman–Crippen LogP) is 3.64. The fraction of sp³-hybridized carbons (Fsp3) is 1.00. The molecule has 0 spiro atoms. The topological polar surface area (TPSA) is 0 Å². The van der Waals surface area contributed by atoms with E-state index in [4.69, 9.17) is 0 Å². The van der Waals surface area contributed by atoms with Crippen LogP contribution in [-0.4, -0.2) is 3.92 Å². The maximum atomic E-state index is 2.64. The molecule has 0 nitrogen and oxygen atoms in total. The van der Waals surface area contributed by atoms with Crippen LogP contribution in [0.15, 0.2) is 0 Å². The predicted molar refractivity (Wildman–Crippen MR) is 57.0 cm³/mol. The van der Waals surface area contributed by atoms with Gasteiger partial charge in [-0.2, -0.15) is 0 Å². The molecule has 0 aromatic carbocycles. The van der Waals surface area contributed by atoms with E-state index in [1.807, 2.05) is 0 Å². The van der Waals surface area contributed by atoms with E-state index in [1.165, 1.54) is 19.3 Å². The smallest absolute Gasteiger partial charge is 0.0115 e. The van der Waals surface area contributed by atoms with Gasteiger partial charge in [0, 0.05) is 3.92 Å². The molecule has 2 aliphatic carbocycles. The van der Waals surface area contributed by atoms with Crippen LogP contribution in [-0.2, 0) is 0 Å². The third-order valence-electron chi connectivity index (χ3n) is 3.63. The third-order valence-corrected chi connectivity index (χ3v) is 4.65. The van der Waals surface area contributed by atoms with Crippen molar-refractivity contribution < 1.29 is 0 Å². The van der Waals surface area contributed by atoms with Crippen LogP contribution in [0, 0.1) is 17.8 Å². The molecule has 0 aromatic rings. The van der Waals surface area contributed by atoms with Gasteiger partial charge in [-0.1, -0.05) is 35.9 Å². The van der Waals surface area contributed by atoms with Crippen molar-refractivity contribution in [3.05, 3.63) is 0 Å². The summed E-state index contributed by atoms with van der Waals surface area (Å²) in [5.41, 5.74) is 0. The summed E-state index contributed by atoms with van der Waals surface area (Å²) in [4.78, 5) is 0. The standard InChI is InChI=1S/C10H17I/c1-2-7-3-8-5-10(11)6-9(8)4-7/h7-10H,2-6H2,1H3. The fourth-order valence-electron chi connectivity index (χ4n) is 3.00. The minimum Gasteiger partial charge on any atom is -0.0826 e. The van der Waals surface area contributed by atoms with E-state index in [0.29, 0.717) is 0 Å². The molecule has 0 bridgehead atoms. The van der Waals surface area contributed by atoms with Crippen LogP contribution < -0.4 is 0 Å². The molecule has 2 aliphatic rings. The number of rotatable bonds is 1. The Morgan fingerprint density at radius 2 is 1.64 bits per heavy atom. The Balaban J connectivity index is 1.93. The molecule has 2 unspecified atom stereocenters. The van der Waals surface area contributed by atoms with Crippen molar-refractivity contribution >= 4 is 22.6 Å². The van der Waals surface area contributed by atoms with Crippen LogP contribution in [0.25, 0.3) is 0 Å². The zero-order valence-electron chi connectivity index (χ0n) is 7.22. The van der Waals surface area contributed by atoms with E-state index in [-0.39, 0.29) is 0 Å². The second-order valence-corrected chi connectivity index (χ2v) is 6.10. The maximum Gasteiger partial charge on any atom is 0.0115 e. The lowest BCUT2D eigenvalue weighted by Gasteiger charge is -2.07. The van der Waals surface area contributed by atoms with E-state index in [2.05, 4.69) is 29.5 Å². The molecule has 2 rings (SSSR count). The van der Waals surface area contributed by atoms with Crippen LogP contribution >= 0.6 is 22.6 Å². The highest BCUT2D eigenvalue weighted by atomic mass is 127. The first-order chi connectivity index (χ1) is 5.29. The molecule has 2 fully saturated rings. The van der Waals surface area contributed by atoms with Crippen LogP contribution in [0.3, 0.4) is 0 Å². The van der Waals surface area contributed by atoms with Crippen LogP contribution in [0.5, 0.6) is 0 Å². The molecule has 2 saturated carbocycles. The van der Waals surface area contributed by atoms with Gasteiger partial charge in [-0.05, 0) is 43.4 Å². The van der Waals surface area contributed by atoms with Gasteiger partial charge in [-0.15, -0.1) is 0 Å². The lowest BCUT2D eigenvalue weighted by molar-refractivity contribution is 0.457. The fourth-order valence-corrected chi connectivity index (χ4v) is 4.31. The van der Waals surface area contributed by atoms with Crippen molar-refractivity contribution in [2.75, 3.05) is 0 Å². The molecule has 0 heterocycles. The summed E-state index contributed by atoms with van der Waals surface area (Å²) in [5, 5.41) is 0. The normalized spacial score (nSPS) is 49.6. The second kappa shape index (κ2) is 3.23. The van der Waals surface area contributed by atoms with Crippen molar-refractivity contribution in [3.63, 3.8) is 0 Å². The van der Waals surface area contributed by atoms with Gasteiger partial charge in [-0.3, -0.25) is 0 Å². The molecule has 11 heavy (non-hydrogen) atoms. The lowest BCUT2D eigenvalue weighted by Crippen LogP contribution is -1.97. The average Bonchev–Trinajstić information content (AvgIpc) is 2.43. The van der Waals surface area contributed by atoms with Gasteiger partial charge in [0.25, 0.3) is 0 Å². The van der Waals surface area contributed by atoms with E-state index >= 15 is 0 Å². The van der Waals surface area contributed by atoms with Crippen LogP contribution in [0.2, 0.25) is 0 Å². The Morgan fingerprint density at radius 1 is 1.09 bits per heavy atom. The number of hydrogen-bond acceptors (Lipinski definition) is 0. The average molecular weight is 264 g/mol.